The molecule has 1 aromatic heterocycles. The van der Waals surface area contributed by atoms with Crippen LogP contribution in [0.1, 0.15) is 25.0 Å². The standard InChI is InChI=1S/C14H21NO2/c1-16-11-14-6-2-4-12(14)8-15(10-14)9-13-5-3-7-17-13/h3,5,7,12H,2,4,6,8-11H2,1H3/t12-,14+/m0/s1. The lowest BCUT2D eigenvalue weighted by Gasteiger charge is -2.27. The highest BCUT2D eigenvalue weighted by Gasteiger charge is 2.49. The molecule has 3 nitrogen and oxygen atoms in total. The van der Waals surface area contributed by atoms with E-state index < -0.39 is 0 Å². The highest BCUT2D eigenvalue weighted by Crippen LogP contribution is 2.49. The minimum absolute atomic E-state index is 0.432. The van der Waals surface area contributed by atoms with Crippen molar-refractivity contribution in [3.63, 3.8) is 0 Å². The van der Waals surface area contributed by atoms with Crippen molar-refractivity contribution in [3.05, 3.63) is 24.2 Å². The Morgan fingerprint density at radius 1 is 1.59 bits per heavy atom. The summed E-state index contributed by atoms with van der Waals surface area (Å²) < 4.78 is 10.9. The average Bonchev–Trinajstić information content (AvgIpc) is 2.94. The van der Waals surface area contributed by atoms with Crippen LogP contribution in [0.15, 0.2) is 22.8 Å². The molecular weight excluding hydrogens is 214 g/mol. The summed E-state index contributed by atoms with van der Waals surface area (Å²) in [5.74, 6) is 1.91. The molecule has 0 spiro atoms. The molecule has 1 saturated carbocycles. The number of hydrogen-bond acceptors (Lipinski definition) is 3. The molecule has 0 radical (unpaired) electrons. The van der Waals surface area contributed by atoms with E-state index in [0.717, 1.165) is 24.8 Å². The van der Waals surface area contributed by atoms with E-state index in [1.54, 1.807) is 6.26 Å². The van der Waals surface area contributed by atoms with E-state index in [0.29, 0.717) is 5.41 Å². The number of hydrogen-bond donors (Lipinski definition) is 0. The second-order valence-electron chi connectivity index (χ2n) is 5.63. The lowest BCUT2D eigenvalue weighted by Crippen LogP contribution is -2.31. The zero-order chi connectivity index (χ0) is 11.7. The largest absolute Gasteiger partial charge is 0.468 e. The van der Waals surface area contributed by atoms with Gasteiger partial charge in [-0.15, -0.1) is 0 Å². The van der Waals surface area contributed by atoms with E-state index in [-0.39, 0.29) is 0 Å². The zero-order valence-corrected chi connectivity index (χ0v) is 10.5. The molecule has 2 fully saturated rings. The van der Waals surface area contributed by atoms with Crippen LogP contribution in [-0.2, 0) is 11.3 Å². The van der Waals surface area contributed by atoms with Gasteiger partial charge in [-0.05, 0) is 30.9 Å². The Kier molecular flexibility index (Phi) is 2.97. The van der Waals surface area contributed by atoms with Crippen LogP contribution in [-0.4, -0.2) is 31.7 Å². The van der Waals surface area contributed by atoms with Gasteiger partial charge in [0.1, 0.15) is 5.76 Å². The summed E-state index contributed by atoms with van der Waals surface area (Å²) >= 11 is 0. The lowest BCUT2D eigenvalue weighted by atomic mass is 9.82. The van der Waals surface area contributed by atoms with E-state index in [1.165, 1.54) is 32.4 Å². The fraction of sp³-hybridized carbons (Fsp3) is 0.714. The minimum Gasteiger partial charge on any atom is -0.468 e. The number of methoxy groups -OCH3 is 1. The molecule has 1 saturated heterocycles. The minimum atomic E-state index is 0.432. The molecule has 3 heteroatoms. The maximum atomic E-state index is 5.46. The smallest absolute Gasteiger partial charge is 0.117 e. The quantitative estimate of drug-likeness (QED) is 0.802. The Labute approximate surface area is 103 Å². The van der Waals surface area contributed by atoms with Crippen LogP contribution in [0.4, 0.5) is 0 Å². The Hall–Kier alpha value is -0.800. The number of nitrogens with zero attached hydrogens (tertiary/aromatic N) is 1. The van der Waals surface area contributed by atoms with E-state index in [4.69, 9.17) is 9.15 Å². The van der Waals surface area contributed by atoms with Crippen molar-refractivity contribution in [2.24, 2.45) is 11.3 Å². The van der Waals surface area contributed by atoms with Crippen molar-refractivity contribution in [2.75, 3.05) is 26.8 Å². The SMILES string of the molecule is COC[C@]12CCC[C@H]1CN(Cc1ccco1)C2. The lowest BCUT2D eigenvalue weighted by molar-refractivity contribution is 0.0695. The third-order valence-electron chi connectivity index (χ3n) is 4.50. The number of rotatable bonds is 4. The van der Waals surface area contributed by atoms with Crippen molar-refractivity contribution < 1.29 is 9.15 Å². The van der Waals surface area contributed by atoms with Crippen LogP contribution in [0.25, 0.3) is 0 Å². The van der Waals surface area contributed by atoms with Crippen LogP contribution < -0.4 is 0 Å². The maximum Gasteiger partial charge on any atom is 0.117 e. The van der Waals surface area contributed by atoms with Crippen LogP contribution in [0.3, 0.4) is 0 Å². The van der Waals surface area contributed by atoms with Crippen molar-refractivity contribution in [3.8, 4) is 0 Å². The van der Waals surface area contributed by atoms with Crippen LogP contribution in [0, 0.1) is 11.3 Å². The van der Waals surface area contributed by atoms with Crippen molar-refractivity contribution >= 4 is 0 Å². The van der Waals surface area contributed by atoms with Crippen LogP contribution in [0.5, 0.6) is 0 Å². The second kappa shape index (κ2) is 4.46. The molecule has 2 atom stereocenters. The third kappa shape index (κ3) is 2.02. The fourth-order valence-electron chi connectivity index (χ4n) is 3.79. The Bertz CT molecular complexity index is 362. The summed E-state index contributed by atoms with van der Waals surface area (Å²) in [6.45, 7) is 4.26. The third-order valence-corrected chi connectivity index (χ3v) is 4.50. The summed E-state index contributed by atoms with van der Waals surface area (Å²) in [6, 6.07) is 4.04. The molecular formula is C14H21NO2. The van der Waals surface area contributed by atoms with Crippen LogP contribution in [0.2, 0.25) is 0 Å². The number of likely N-dealkylation sites (tertiary alicyclic amines) is 1. The monoisotopic (exact) mass is 235 g/mol. The van der Waals surface area contributed by atoms with E-state index >= 15 is 0 Å². The van der Waals surface area contributed by atoms with Gasteiger partial charge in [-0.1, -0.05) is 6.42 Å². The fourth-order valence-corrected chi connectivity index (χ4v) is 3.79. The summed E-state index contributed by atoms with van der Waals surface area (Å²) in [5, 5.41) is 0. The second-order valence-corrected chi connectivity index (χ2v) is 5.63. The molecule has 1 aliphatic carbocycles. The highest BCUT2D eigenvalue weighted by molar-refractivity contribution is 5.04. The Morgan fingerprint density at radius 3 is 3.29 bits per heavy atom. The number of fused-ring (bicyclic) bond motifs is 1. The molecule has 1 aliphatic heterocycles. The molecule has 1 aromatic rings. The van der Waals surface area contributed by atoms with Gasteiger partial charge in [0.25, 0.3) is 0 Å². The van der Waals surface area contributed by atoms with Crippen LogP contribution >= 0.6 is 0 Å². The van der Waals surface area contributed by atoms with E-state index in [9.17, 15) is 0 Å². The number of furan rings is 1. The van der Waals surface area contributed by atoms with Crippen molar-refractivity contribution in [1.82, 2.24) is 4.90 Å². The van der Waals surface area contributed by atoms with Gasteiger partial charge in [0, 0.05) is 25.6 Å². The van der Waals surface area contributed by atoms with E-state index in [1.807, 2.05) is 13.2 Å². The van der Waals surface area contributed by atoms with Gasteiger partial charge in [0.15, 0.2) is 0 Å². The topological polar surface area (TPSA) is 25.6 Å². The van der Waals surface area contributed by atoms with Crippen molar-refractivity contribution in [2.45, 2.75) is 25.8 Å². The molecule has 0 amide bonds. The van der Waals surface area contributed by atoms with Gasteiger partial charge in [-0.3, -0.25) is 4.90 Å². The van der Waals surface area contributed by atoms with Gasteiger partial charge in [-0.2, -0.15) is 0 Å². The predicted molar refractivity (Wildman–Crippen MR) is 65.6 cm³/mol. The molecule has 0 unspecified atom stereocenters. The van der Waals surface area contributed by atoms with Gasteiger partial charge in [0.2, 0.25) is 0 Å². The predicted octanol–water partition coefficient (Wildman–Crippen LogP) is 2.53. The molecule has 2 aliphatic rings. The summed E-state index contributed by atoms with van der Waals surface area (Å²) in [4.78, 5) is 2.53. The molecule has 0 N–H and O–H groups in total. The first kappa shape index (κ1) is 11.3. The first-order chi connectivity index (χ1) is 8.32. The van der Waals surface area contributed by atoms with Crippen molar-refractivity contribution in [1.29, 1.82) is 0 Å². The summed E-state index contributed by atoms with van der Waals surface area (Å²) in [7, 11) is 1.83. The molecule has 94 valence electrons. The average molecular weight is 235 g/mol. The van der Waals surface area contributed by atoms with Gasteiger partial charge in [0.05, 0.1) is 19.4 Å². The highest BCUT2D eigenvalue weighted by atomic mass is 16.5. The van der Waals surface area contributed by atoms with E-state index in [2.05, 4.69) is 11.0 Å². The normalized spacial score (nSPS) is 33.1. The first-order valence-electron chi connectivity index (χ1n) is 6.56. The summed E-state index contributed by atoms with van der Waals surface area (Å²) in [6.07, 6.45) is 5.85. The Morgan fingerprint density at radius 2 is 2.53 bits per heavy atom. The first-order valence-corrected chi connectivity index (χ1v) is 6.56. The van der Waals surface area contributed by atoms with Gasteiger partial charge < -0.3 is 9.15 Å². The molecule has 2 heterocycles. The molecule has 3 rings (SSSR count). The molecule has 17 heavy (non-hydrogen) atoms. The van der Waals surface area contributed by atoms with Gasteiger partial charge >= 0.3 is 0 Å². The van der Waals surface area contributed by atoms with Gasteiger partial charge in [-0.25, -0.2) is 0 Å². The maximum absolute atomic E-state index is 5.46. The molecule has 0 bridgehead atoms. The Balaban J connectivity index is 1.67. The summed E-state index contributed by atoms with van der Waals surface area (Å²) in [5.41, 5.74) is 0.432. The number of ether oxygens (including phenoxy) is 1. The zero-order valence-electron chi connectivity index (χ0n) is 10.5. The molecule has 0 aromatic carbocycles.